The van der Waals surface area contributed by atoms with Crippen LogP contribution in [0.3, 0.4) is 0 Å². The van der Waals surface area contributed by atoms with Gasteiger partial charge in [0.1, 0.15) is 0 Å². The number of rotatable bonds is 3. The van der Waals surface area contributed by atoms with Gasteiger partial charge in [-0.2, -0.15) is 0 Å². The summed E-state index contributed by atoms with van der Waals surface area (Å²) in [5.41, 5.74) is 3.47. The molecule has 0 atom stereocenters. The summed E-state index contributed by atoms with van der Waals surface area (Å²) in [6.07, 6.45) is 0. The van der Waals surface area contributed by atoms with E-state index < -0.39 is 0 Å². The zero-order chi connectivity index (χ0) is 23.4. The smallest absolute Gasteiger partial charge is 0.0540 e. The Balaban J connectivity index is 1.56. The lowest BCUT2D eigenvalue weighted by molar-refractivity contribution is 1.32. The summed E-state index contributed by atoms with van der Waals surface area (Å²) >= 11 is 8.09. The molecule has 6 aromatic carbocycles. The van der Waals surface area contributed by atoms with Crippen molar-refractivity contribution in [2.75, 3.05) is 4.90 Å². The monoisotopic (exact) mass is 485 g/mol. The number of anilines is 3. The number of thiophene rings is 1. The first-order valence-corrected chi connectivity index (χ1v) is 12.8. The lowest BCUT2D eigenvalue weighted by Gasteiger charge is -2.28. The number of halogens is 1. The van der Waals surface area contributed by atoms with Crippen LogP contribution >= 0.6 is 22.9 Å². The second-order valence-corrected chi connectivity index (χ2v) is 10.3. The zero-order valence-corrected chi connectivity index (χ0v) is 20.4. The molecule has 7 rings (SSSR count). The van der Waals surface area contributed by atoms with Crippen molar-refractivity contribution in [1.29, 1.82) is 0 Å². The van der Waals surface area contributed by atoms with E-state index in [4.69, 9.17) is 11.6 Å². The Hall–Kier alpha value is -3.85. The van der Waals surface area contributed by atoms with Gasteiger partial charge in [0.15, 0.2) is 0 Å². The SMILES string of the molecule is Clc1ccc2c(c1)sc1ccc(N(c3cccc4ccccc34)c3cccc4ccccc34)cc12. The zero-order valence-electron chi connectivity index (χ0n) is 18.8. The molecule has 0 aliphatic heterocycles. The van der Waals surface area contributed by atoms with Crippen LogP contribution in [-0.4, -0.2) is 0 Å². The molecule has 0 spiro atoms. The summed E-state index contributed by atoms with van der Waals surface area (Å²) in [6, 6.07) is 43.3. The van der Waals surface area contributed by atoms with Crippen LogP contribution in [0.1, 0.15) is 0 Å². The lowest BCUT2D eigenvalue weighted by atomic mass is 10.0. The Bertz CT molecular complexity index is 1790. The molecular weight excluding hydrogens is 466 g/mol. The highest BCUT2D eigenvalue weighted by Gasteiger charge is 2.18. The van der Waals surface area contributed by atoms with Crippen LogP contribution in [0.4, 0.5) is 17.1 Å². The molecule has 1 heterocycles. The summed E-state index contributed by atoms with van der Waals surface area (Å²) in [4.78, 5) is 2.41. The maximum atomic E-state index is 6.30. The molecule has 7 aromatic rings. The van der Waals surface area contributed by atoms with Gasteiger partial charge in [0.2, 0.25) is 0 Å². The van der Waals surface area contributed by atoms with Crippen LogP contribution in [-0.2, 0) is 0 Å². The first-order chi connectivity index (χ1) is 17.3. The first kappa shape index (κ1) is 20.5. The maximum absolute atomic E-state index is 6.30. The number of fused-ring (bicyclic) bond motifs is 5. The molecule has 166 valence electrons. The molecule has 0 unspecified atom stereocenters. The van der Waals surface area contributed by atoms with E-state index in [1.54, 1.807) is 11.3 Å². The Labute approximate surface area is 212 Å². The fourth-order valence-electron chi connectivity index (χ4n) is 5.09. The van der Waals surface area contributed by atoms with Crippen molar-refractivity contribution in [2.24, 2.45) is 0 Å². The van der Waals surface area contributed by atoms with E-state index in [1.807, 2.05) is 6.07 Å². The van der Waals surface area contributed by atoms with Gasteiger partial charge in [-0.1, -0.05) is 90.5 Å². The van der Waals surface area contributed by atoms with Gasteiger partial charge in [0.25, 0.3) is 0 Å². The molecule has 3 heteroatoms. The Morgan fingerprint density at radius 2 is 1.11 bits per heavy atom. The molecule has 0 N–H and O–H groups in total. The predicted octanol–water partition coefficient (Wildman–Crippen LogP) is 10.5. The van der Waals surface area contributed by atoms with E-state index in [9.17, 15) is 0 Å². The number of nitrogens with zero attached hydrogens (tertiary/aromatic N) is 1. The largest absolute Gasteiger partial charge is 0.309 e. The normalized spacial score (nSPS) is 11.6. The third kappa shape index (κ3) is 3.37. The highest BCUT2D eigenvalue weighted by atomic mass is 35.5. The molecule has 0 saturated heterocycles. The van der Waals surface area contributed by atoms with Gasteiger partial charge >= 0.3 is 0 Å². The summed E-state index contributed by atoms with van der Waals surface area (Å²) < 4.78 is 2.48. The highest BCUT2D eigenvalue weighted by Crippen LogP contribution is 2.44. The average Bonchev–Trinajstić information content (AvgIpc) is 3.26. The molecule has 0 aliphatic carbocycles. The Morgan fingerprint density at radius 3 is 1.80 bits per heavy atom. The van der Waals surface area contributed by atoms with Gasteiger partial charge in [-0.25, -0.2) is 0 Å². The van der Waals surface area contributed by atoms with E-state index in [1.165, 1.54) is 53.1 Å². The van der Waals surface area contributed by atoms with Gasteiger partial charge in [0.05, 0.1) is 11.4 Å². The van der Waals surface area contributed by atoms with E-state index in [0.717, 1.165) is 10.7 Å². The van der Waals surface area contributed by atoms with Crippen LogP contribution in [0.25, 0.3) is 41.7 Å². The van der Waals surface area contributed by atoms with Gasteiger partial charge in [-0.05, 0) is 53.2 Å². The van der Waals surface area contributed by atoms with Crippen molar-refractivity contribution in [3.8, 4) is 0 Å². The number of hydrogen-bond donors (Lipinski definition) is 0. The van der Waals surface area contributed by atoms with Crippen molar-refractivity contribution < 1.29 is 0 Å². The Morgan fingerprint density at radius 1 is 0.486 bits per heavy atom. The maximum Gasteiger partial charge on any atom is 0.0540 e. The summed E-state index contributed by atoms with van der Waals surface area (Å²) in [6.45, 7) is 0. The molecule has 0 amide bonds. The minimum atomic E-state index is 0.775. The fourth-order valence-corrected chi connectivity index (χ4v) is 6.46. The van der Waals surface area contributed by atoms with Gasteiger partial charge in [-0.3, -0.25) is 0 Å². The Kier molecular flexibility index (Phi) is 4.76. The predicted molar refractivity (Wildman–Crippen MR) is 154 cm³/mol. The summed E-state index contributed by atoms with van der Waals surface area (Å²) in [5.74, 6) is 0. The van der Waals surface area contributed by atoms with E-state index in [0.29, 0.717) is 0 Å². The molecule has 0 radical (unpaired) electrons. The molecule has 0 bridgehead atoms. The van der Waals surface area contributed by atoms with E-state index in [2.05, 4.69) is 120 Å². The molecule has 1 nitrogen and oxygen atoms in total. The second-order valence-electron chi connectivity index (χ2n) is 8.75. The third-order valence-electron chi connectivity index (χ3n) is 6.69. The number of benzene rings is 6. The first-order valence-electron chi connectivity index (χ1n) is 11.6. The van der Waals surface area contributed by atoms with Crippen molar-refractivity contribution in [3.63, 3.8) is 0 Å². The van der Waals surface area contributed by atoms with Gasteiger partial charge < -0.3 is 4.90 Å². The van der Waals surface area contributed by atoms with E-state index >= 15 is 0 Å². The molecular formula is C32H20ClNS. The van der Waals surface area contributed by atoms with Crippen LogP contribution in [0, 0.1) is 0 Å². The average molecular weight is 486 g/mol. The van der Waals surface area contributed by atoms with Crippen molar-refractivity contribution in [3.05, 3.63) is 126 Å². The van der Waals surface area contributed by atoms with Crippen molar-refractivity contribution >= 4 is 81.7 Å². The van der Waals surface area contributed by atoms with E-state index in [-0.39, 0.29) is 0 Å². The standard InChI is InChI=1S/C32H20ClNS/c33-23-15-17-27-28-20-24(16-18-31(28)35-32(27)19-23)34(29-13-5-9-21-7-1-3-11-25(21)29)30-14-6-10-22-8-2-4-12-26(22)30/h1-20H. The van der Waals surface area contributed by atoms with Crippen molar-refractivity contribution in [2.45, 2.75) is 0 Å². The molecule has 0 saturated carbocycles. The second kappa shape index (κ2) is 8.13. The van der Waals surface area contributed by atoms with Gasteiger partial charge in [0, 0.05) is 41.7 Å². The highest BCUT2D eigenvalue weighted by molar-refractivity contribution is 7.25. The molecule has 35 heavy (non-hydrogen) atoms. The fraction of sp³-hybridized carbons (Fsp3) is 0. The third-order valence-corrected chi connectivity index (χ3v) is 8.06. The topological polar surface area (TPSA) is 3.24 Å². The quantitative estimate of drug-likeness (QED) is 0.240. The van der Waals surface area contributed by atoms with Crippen LogP contribution < -0.4 is 4.90 Å². The van der Waals surface area contributed by atoms with Crippen LogP contribution in [0.15, 0.2) is 121 Å². The lowest BCUT2D eigenvalue weighted by Crippen LogP contribution is -2.11. The summed E-state index contributed by atoms with van der Waals surface area (Å²) in [7, 11) is 0. The van der Waals surface area contributed by atoms with Crippen molar-refractivity contribution in [1.82, 2.24) is 0 Å². The molecule has 0 fully saturated rings. The molecule has 1 aromatic heterocycles. The van der Waals surface area contributed by atoms with Crippen LogP contribution in [0.2, 0.25) is 5.02 Å². The minimum absolute atomic E-state index is 0.775. The minimum Gasteiger partial charge on any atom is -0.309 e. The molecule has 0 aliphatic rings. The number of hydrogen-bond acceptors (Lipinski definition) is 2. The van der Waals surface area contributed by atoms with Crippen LogP contribution in [0.5, 0.6) is 0 Å². The van der Waals surface area contributed by atoms with Gasteiger partial charge in [-0.15, -0.1) is 11.3 Å². The summed E-state index contributed by atoms with van der Waals surface area (Å²) in [5, 5.41) is 8.18.